The smallest absolute Gasteiger partial charge is 0.231 e. The molecule has 2 aliphatic heterocycles. The van der Waals surface area contributed by atoms with Crippen LogP contribution in [0.1, 0.15) is 42.7 Å². The number of likely N-dealkylation sites (tertiary alicyclic amines) is 1. The molecule has 1 unspecified atom stereocenters. The van der Waals surface area contributed by atoms with Crippen molar-refractivity contribution in [3.05, 3.63) is 34.8 Å². The summed E-state index contributed by atoms with van der Waals surface area (Å²) in [5.41, 5.74) is 6.68. The quantitative estimate of drug-likeness (QED) is 0.699. The molecule has 30 heavy (non-hydrogen) atoms. The molecule has 2 aromatic rings. The SMILES string of the molecule is CC(=O)Nc1ncc(CCC(c2ccc3c(c2)OCO3)N2CCC(C(N)=O)CC2)s1. The lowest BCUT2D eigenvalue weighted by molar-refractivity contribution is -0.123. The van der Waals surface area contributed by atoms with Gasteiger partial charge in [-0.25, -0.2) is 4.98 Å². The molecule has 0 radical (unpaired) electrons. The highest BCUT2D eigenvalue weighted by Gasteiger charge is 2.29. The average Bonchev–Trinajstić information content (AvgIpc) is 3.37. The number of hydrogen-bond donors (Lipinski definition) is 2. The number of primary amides is 1. The summed E-state index contributed by atoms with van der Waals surface area (Å²) in [5.74, 6) is 1.18. The largest absolute Gasteiger partial charge is 0.454 e. The van der Waals surface area contributed by atoms with Gasteiger partial charge in [0, 0.05) is 30.0 Å². The van der Waals surface area contributed by atoms with Crippen LogP contribution in [0.25, 0.3) is 0 Å². The van der Waals surface area contributed by atoms with E-state index in [-0.39, 0.29) is 30.6 Å². The van der Waals surface area contributed by atoms with Gasteiger partial charge < -0.3 is 20.5 Å². The molecule has 0 saturated carbocycles. The van der Waals surface area contributed by atoms with E-state index in [9.17, 15) is 9.59 Å². The molecule has 1 atom stereocenters. The molecule has 3 heterocycles. The van der Waals surface area contributed by atoms with Gasteiger partial charge in [-0.1, -0.05) is 6.07 Å². The first kappa shape index (κ1) is 20.6. The van der Waals surface area contributed by atoms with Crippen molar-refractivity contribution in [2.24, 2.45) is 11.7 Å². The van der Waals surface area contributed by atoms with Crippen LogP contribution in [0.3, 0.4) is 0 Å². The van der Waals surface area contributed by atoms with E-state index in [2.05, 4.69) is 27.3 Å². The van der Waals surface area contributed by atoms with Gasteiger partial charge >= 0.3 is 0 Å². The van der Waals surface area contributed by atoms with E-state index in [1.54, 1.807) is 0 Å². The van der Waals surface area contributed by atoms with Crippen molar-refractivity contribution in [1.29, 1.82) is 0 Å². The van der Waals surface area contributed by atoms with Crippen LogP contribution in [0.2, 0.25) is 0 Å². The molecular weight excluding hydrogens is 404 g/mol. The second kappa shape index (κ2) is 9.01. The van der Waals surface area contributed by atoms with Crippen LogP contribution >= 0.6 is 11.3 Å². The number of thiazole rings is 1. The maximum Gasteiger partial charge on any atom is 0.231 e. The Labute approximate surface area is 179 Å². The highest BCUT2D eigenvalue weighted by Crippen LogP contribution is 2.38. The van der Waals surface area contributed by atoms with E-state index in [4.69, 9.17) is 15.2 Å². The number of hydrogen-bond acceptors (Lipinski definition) is 7. The van der Waals surface area contributed by atoms with Crippen molar-refractivity contribution >= 4 is 28.3 Å². The summed E-state index contributed by atoms with van der Waals surface area (Å²) in [4.78, 5) is 30.6. The number of nitrogens with two attached hydrogens (primary N) is 1. The van der Waals surface area contributed by atoms with Crippen LogP contribution in [-0.4, -0.2) is 41.6 Å². The zero-order chi connectivity index (χ0) is 21.1. The van der Waals surface area contributed by atoms with Crippen LogP contribution < -0.4 is 20.5 Å². The molecule has 1 aromatic carbocycles. The molecule has 2 amide bonds. The van der Waals surface area contributed by atoms with Crippen LogP contribution in [0.4, 0.5) is 5.13 Å². The lowest BCUT2D eigenvalue weighted by atomic mass is 9.92. The van der Waals surface area contributed by atoms with Gasteiger partial charge in [0.15, 0.2) is 16.6 Å². The van der Waals surface area contributed by atoms with E-state index >= 15 is 0 Å². The lowest BCUT2D eigenvalue weighted by Gasteiger charge is -2.37. The van der Waals surface area contributed by atoms with Crippen LogP contribution in [0.15, 0.2) is 24.4 Å². The van der Waals surface area contributed by atoms with Crippen molar-refractivity contribution in [3.8, 4) is 11.5 Å². The number of aryl methyl sites for hydroxylation is 1. The number of aromatic nitrogens is 1. The summed E-state index contributed by atoms with van der Waals surface area (Å²) in [6.45, 7) is 3.38. The minimum absolute atomic E-state index is 0.0413. The first-order valence-corrected chi connectivity index (χ1v) is 11.0. The minimum Gasteiger partial charge on any atom is -0.454 e. The zero-order valence-electron chi connectivity index (χ0n) is 16.9. The summed E-state index contributed by atoms with van der Waals surface area (Å²) in [5, 5.41) is 3.36. The maximum atomic E-state index is 11.6. The molecular formula is C21H26N4O4S. The number of carbonyl (C=O) groups excluding carboxylic acids is 2. The number of fused-ring (bicyclic) bond motifs is 1. The molecule has 0 bridgehead atoms. The Morgan fingerprint density at radius 3 is 2.80 bits per heavy atom. The third-order valence-electron chi connectivity index (χ3n) is 5.65. The van der Waals surface area contributed by atoms with E-state index in [0.717, 1.165) is 55.1 Å². The number of carbonyl (C=O) groups is 2. The Bertz CT molecular complexity index is 923. The van der Waals surface area contributed by atoms with E-state index in [0.29, 0.717) is 5.13 Å². The van der Waals surface area contributed by atoms with Crippen molar-refractivity contribution in [3.63, 3.8) is 0 Å². The summed E-state index contributed by atoms with van der Waals surface area (Å²) < 4.78 is 11.0. The Morgan fingerprint density at radius 1 is 1.30 bits per heavy atom. The van der Waals surface area contributed by atoms with E-state index in [1.807, 2.05) is 12.3 Å². The third-order valence-corrected chi connectivity index (χ3v) is 6.63. The van der Waals surface area contributed by atoms with Gasteiger partial charge in [0.2, 0.25) is 18.6 Å². The predicted molar refractivity (Wildman–Crippen MR) is 114 cm³/mol. The second-order valence-corrected chi connectivity index (χ2v) is 8.81. The standard InChI is InChI=1S/C21H26N4O4S/c1-13(26)24-21-23-11-16(30-21)3-4-17(25-8-6-14(7-9-25)20(22)27)15-2-5-18-19(10-15)29-12-28-18/h2,5,10-11,14,17H,3-4,6-9,12H2,1H3,(H2,22,27)(H,23,24,26). The fraction of sp³-hybridized carbons (Fsp3) is 0.476. The van der Waals surface area contributed by atoms with Gasteiger partial charge in [-0.2, -0.15) is 0 Å². The number of ether oxygens (including phenoxy) is 2. The molecule has 9 heteroatoms. The van der Waals surface area contributed by atoms with E-state index < -0.39 is 0 Å². The minimum atomic E-state index is -0.204. The summed E-state index contributed by atoms with van der Waals surface area (Å²) >= 11 is 1.50. The maximum absolute atomic E-state index is 11.6. The number of benzene rings is 1. The highest BCUT2D eigenvalue weighted by molar-refractivity contribution is 7.15. The average molecular weight is 431 g/mol. The summed E-state index contributed by atoms with van der Waals surface area (Å²) in [7, 11) is 0. The monoisotopic (exact) mass is 430 g/mol. The van der Waals surface area contributed by atoms with Crippen LogP contribution in [0.5, 0.6) is 11.5 Å². The Kier molecular flexibility index (Phi) is 6.19. The topological polar surface area (TPSA) is 107 Å². The number of piperidine rings is 1. The molecule has 8 nitrogen and oxygen atoms in total. The number of anilines is 1. The Balaban J connectivity index is 1.49. The second-order valence-electron chi connectivity index (χ2n) is 7.69. The fourth-order valence-corrected chi connectivity index (χ4v) is 4.96. The molecule has 3 N–H and O–H groups in total. The zero-order valence-corrected chi connectivity index (χ0v) is 17.7. The fourth-order valence-electron chi connectivity index (χ4n) is 4.09. The number of amides is 2. The molecule has 0 aliphatic carbocycles. The molecule has 0 spiro atoms. The Morgan fingerprint density at radius 2 is 2.07 bits per heavy atom. The number of rotatable bonds is 7. The molecule has 160 valence electrons. The van der Waals surface area contributed by atoms with E-state index in [1.165, 1.54) is 23.8 Å². The van der Waals surface area contributed by atoms with Gasteiger partial charge in [0.05, 0.1) is 0 Å². The van der Waals surface area contributed by atoms with Gasteiger partial charge in [-0.3, -0.25) is 14.5 Å². The third kappa shape index (κ3) is 4.73. The van der Waals surface area contributed by atoms with Gasteiger partial charge in [-0.05, 0) is 56.5 Å². The van der Waals surface area contributed by atoms with Crippen LogP contribution in [-0.2, 0) is 16.0 Å². The summed E-state index contributed by atoms with van der Waals surface area (Å²) in [6, 6.07) is 6.29. The summed E-state index contributed by atoms with van der Waals surface area (Å²) in [6.07, 6.45) is 5.12. The molecule has 1 saturated heterocycles. The first-order chi connectivity index (χ1) is 14.5. The first-order valence-electron chi connectivity index (χ1n) is 10.1. The number of nitrogens with one attached hydrogen (secondary N) is 1. The highest BCUT2D eigenvalue weighted by atomic mass is 32.1. The van der Waals surface area contributed by atoms with Gasteiger partial charge in [-0.15, -0.1) is 11.3 Å². The Hall–Kier alpha value is -2.65. The van der Waals surface area contributed by atoms with Gasteiger partial charge in [0.1, 0.15) is 0 Å². The van der Waals surface area contributed by atoms with Crippen molar-refractivity contribution < 1.29 is 19.1 Å². The van der Waals surface area contributed by atoms with Crippen molar-refractivity contribution in [1.82, 2.24) is 9.88 Å². The predicted octanol–water partition coefficient (Wildman–Crippen LogP) is 2.70. The van der Waals surface area contributed by atoms with Crippen molar-refractivity contribution in [2.75, 3.05) is 25.2 Å². The molecule has 1 aromatic heterocycles. The lowest BCUT2D eigenvalue weighted by Crippen LogP contribution is -2.40. The van der Waals surface area contributed by atoms with Crippen LogP contribution in [0, 0.1) is 5.92 Å². The molecule has 2 aliphatic rings. The normalized spacial score (nSPS) is 17.6. The molecule has 4 rings (SSSR count). The van der Waals surface area contributed by atoms with Gasteiger partial charge in [0.25, 0.3) is 0 Å². The molecule has 1 fully saturated rings. The van der Waals surface area contributed by atoms with Crippen molar-refractivity contribution in [2.45, 2.75) is 38.6 Å². The number of nitrogens with zero attached hydrogens (tertiary/aromatic N) is 2.